The molecule has 0 saturated carbocycles. The second-order valence-corrected chi connectivity index (χ2v) is 9.06. The Kier molecular flexibility index (Phi) is 11.5. The van der Waals surface area contributed by atoms with Gasteiger partial charge >= 0.3 is 0 Å². The lowest BCUT2D eigenvalue weighted by atomic mass is 9.97. The molecule has 1 atom stereocenters. The van der Waals surface area contributed by atoms with Crippen LogP contribution in [0.4, 0.5) is 0 Å². The number of nitrogens with zero attached hydrogens (tertiary/aromatic N) is 3. The number of benzene rings is 1. The highest BCUT2D eigenvalue weighted by Crippen LogP contribution is 2.17. The summed E-state index contributed by atoms with van der Waals surface area (Å²) in [6, 6.07) is 9.71. The first-order valence-electron chi connectivity index (χ1n) is 11.6. The molecule has 3 rings (SSSR count). The molecule has 1 unspecified atom stereocenters. The lowest BCUT2D eigenvalue weighted by molar-refractivity contribution is 0.141. The van der Waals surface area contributed by atoms with Crippen LogP contribution in [0.5, 0.6) is 0 Å². The van der Waals surface area contributed by atoms with Crippen molar-refractivity contribution in [1.82, 2.24) is 20.4 Å². The Balaban J connectivity index is 0.00000320. The molecule has 6 heteroatoms. The number of hydrogen-bond donors (Lipinski definition) is 2. The van der Waals surface area contributed by atoms with Gasteiger partial charge in [0.05, 0.1) is 0 Å². The van der Waals surface area contributed by atoms with Crippen LogP contribution >= 0.6 is 24.0 Å². The van der Waals surface area contributed by atoms with Gasteiger partial charge in [-0.3, -0.25) is 9.89 Å². The minimum atomic E-state index is 0. The highest BCUT2D eigenvalue weighted by Gasteiger charge is 2.21. The Morgan fingerprint density at radius 2 is 1.70 bits per heavy atom. The van der Waals surface area contributed by atoms with Crippen molar-refractivity contribution in [2.45, 2.75) is 65.1 Å². The van der Waals surface area contributed by atoms with Crippen LogP contribution in [0, 0.1) is 5.92 Å². The molecular weight excluding hydrogens is 485 g/mol. The minimum Gasteiger partial charge on any atom is -0.356 e. The van der Waals surface area contributed by atoms with Crippen LogP contribution in [0.2, 0.25) is 0 Å². The fourth-order valence-corrected chi connectivity index (χ4v) is 4.52. The van der Waals surface area contributed by atoms with E-state index in [0.717, 1.165) is 25.6 Å². The van der Waals surface area contributed by atoms with Crippen LogP contribution in [0.25, 0.3) is 0 Å². The fraction of sp³-hybridized carbons (Fsp3) is 0.708. The average molecular weight is 528 g/mol. The van der Waals surface area contributed by atoms with E-state index in [0.29, 0.717) is 12.0 Å². The van der Waals surface area contributed by atoms with Gasteiger partial charge in [-0.15, -0.1) is 24.0 Å². The number of piperidine rings is 2. The van der Waals surface area contributed by atoms with Gasteiger partial charge in [0.15, 0.2) is 5.96 Å². The molecule has 2 saturated heterocycles. The molecule has 0 radical (unpaired) electrons. The highest BCUT2D eigenvalue weighted by molar-refractivity contribution is 14.0. The third-order valence-corrected chi connectivity index (χ3v) is 6.40. The second kappa shape index (κ2) is 13.5. The summed E-state index contributed by atoms with van der Waals surface area (Å²) >= 11 is 0. The van der Waals surface area contributed by atoms with Crippen LogP contribution in [0.1, 0.15) is 57.1 Å². The normalized spacial score (nSPS) is 21.3. The molecule has 1 aromatic carbocycles. The Hall–Kier alpha value is -0.860. The maximum Gasteiger partial charge on any atom is 0.191 e. The summed E-state index contributed by atoms with van der Waals surface area (Å²) in [6.45, 7) is 12.4. The largest absolute Gasteiger partial charge is 0.356 e. The van der Waals surface area contributed by atoms with Gasteiger partial charge in [-0.05, 0) is 76.2 Å². The second-order valence-electron chi connectivity index (χ2n) is 9.06. The summed E-state index contributed by atoms with van der Waals surface area (Å²) in [4.78, 5) is 9.58. The molecule has 2 aliphatic rings. The van der Waals surface area contributed by atoms with E-state index in [1.165, 1.54) is 69.4 Å². The summed E-state index contributed by atoms with van der Waals surface area (Å²) in [6.07, 6.45) is 6.72. The van der Waals surface area contributed by atoms with E-state index >= 15 is 0 Å². The summed E-state index contributed by atoms with van der Waals surface area (Å²) in [5.74, 6) is 1.61. The Bertz CT molecular complexity index is 625. The van der Waals surface area contributed by atoms with Crippen molar-refractivity contribution in [3.63, 3.8) is 0 Å². The predicted octanol–water partition coefficient (Wildman–Crippen LogP) is 4.08. The topological polar surface area (TPSA) is 42.9 Å². The highest BCUT2D eigenvalue weighted by atomic mass is 127. The standard InChI is InChI=1S/C24H41N5.HI/c1-20(2)29-15-7-8-23(19-29)17-27-24(25-3)26-16-21-9-11-22(12-10-21)18-28-13-5-4-6-14-28;/h9-12,20,23H,4-8,13-19H2,1-3H3,(H2,25,26,27);1H. The van der Waals surface area contributed by atoms with Crippen LogP contribution < -0.4 is 10.6 Å². The first kappa shape index (κ1) is 25.4. The number of likely N-dealkylation sites (tertiary alicyclic amines) is 2. The van der Waals surface area contributed by atoms with Crippen molar-refractivity contribution in [1.29, 1.82) is 0 Å². The summed E-state index contributed by atoms with van der Waals surface area (Å²) in [5, 5.41) is 7.01. The van der Waals surface area contributed by atoms with Crippen LogP contribution in [-0.2, 0) is 13.1 Å². The summed E-state index contributed by atoms with van der Waals surface area (Å²) in [5.41, 5.74) is 2.73. The van der Waals surface area contributed by atoms with Gasteiger partial charge in [-0.1, -0.05) is 30.7 Å². The smallest absolute Gasteiger partial charge is 0.191 e. The minimum absolute atomic E-state index is 0. The third-order valence-electron chi connectivity index (χ3n) is 6.40. The molecule has 0 bridgehead atoms. The maximum atomic E-state index is 4.41. The van der Waals surface area contributed by atoms with E-state index in [1.54, 1.807) is 0 Å². The molecule has 5 nitrogen and oxygen atoms in total. The monoisotopic (exact) mass is 527 g/mol. The van der Waals surface area contributed by atoms with E-state index in [4.69, 9.17) is 0 Å². The number of hydrogen-bond acceptors (Lipinski definition) is 3. The molecule has 30 heavy (non-hydrogen) atoms. The van der Waals surface area contributed by atoms with Crippen molar-refractivity contribution < 1.29 is 0 Å². The van der Waals surface area contributed by atoms with Crippen molar-refractivity contribution in [2.75, 3.05) is 39.8 Å². The van der Waals surface area contributed by atoms with Gasteiger partial charge in [-0.25, -0.2) is 0 Å². The molecule has 0 amide bonds. The van der Waals surface area contributed by atoms with E-state index in [-0.39, 0.29) is 24.0 Å². The van der Waals surface area contributed by atoms with Crippen molar-refractivity contribution in [2.24, 2.45) is 10.9 Å². The molecule has 170 valence electrons. The molecule has 0 aliphatic carbocycles. The first-order chi connectivity index (χ1) is 14.1. The van der Waals surface area contributed by atoms with Gasteiger partial charge < -0.3 is 15.5 Å². The summed E-state index contributed by atoms with van der Waals surface area (Å²) < 4.78 is 0. The van der Waals surface area contributed by atoms with Crippen molar-refractivity contribution >= 4 is 29.9 Å². The number of halogens is 1. The maximum absolute atomic E-state index is 4.41. The Morgan fingerprint density at radius 3 is 2.37 bits per heavy atom. The zero-order valence-corrected chi connectivity index (χ0v) is 21.5. The average Bonchev–Trinajstić information content (AvgIpc) is 2.76. The molecule has 0 aromatic heterocycles. The molecule has 2 heterocycles. The van der Waals surface area contributed by atoms with E-state index in [2.05, 4.69) is 63.5 Å². The molecule has 1 aromatic rings. The van der Waals surface area contributed by atoms with Gasteiger partial charge in [0.25, 0.3) is 0 Å². The molecule has 0 spiro atoms. The predicted molar refractivity (Wildman–Crippen MR) is 139 cm³/mol. The zero-order valence-electron chi connectivity index (χ0n) is 19.2. The SMILES string of the molecule is CN=C(NCc1ccc(CN2CCCCC2)cc1)NCC1CCCN(C(C)C)C1.I. The lowest BCUT2D eigenvalue weighted by Gasteiger charge is -2.35. The van der Waals surface area contributed by atoms with Crippen LogP contribution in [0.15, 0.2) is 29.3 Å². The van der Waals surface area contributed by atoms with E-state index in [9.17, 15) is 0 Å². The molecule has 2 N–H and O–H groups in total. The van der Waals surface area contributed by atoms with Crippen LogP contribution in [0.3, 0.4) is 0 Å². The Labute approximate surface area is 201 Å². The number of rotatable bonds is 7. The number of nitrogens with one attached hydrogen (secondary N) is 2. The quantitative estimate of drug-likeness (QED) is 0.319. The Morgan fingerprint density at radius 1 is 1.00 bits per heavy atom. The zero-order chi connectivity index (χ0) is 20.5. The van der Waals surface area contributed by atoms with Crippen molar-refractivity contribution in [3.05, 3.63) is 35.4 Å². The molecular formula is C24H42IN5. The lowest BCUT2D eigenvalue weighted by Crippen LogP contribution is -2.45. The number of aliphatic imine (C=N–C) groups is 1. The molecule has 2 fully saturated rings. The van der Waals surface area contributed by atoms with Gasteiger partial charge in [-0.2, -0.15) is 0 Å². The van der Waals surface area contributed by atoms with E-state index in [1.807, 2.05) is 7.05 Å². The fourth-order valence-electron chi connectivity index (χ4n) is 4.52. The van der Waals surface area contributed by atoms with Gasteiger partial charge in [0, 0.05) is 39.3 Å². The van der Waals surface area contributed by atoms with Gasteiger partial charge in [0.1, 0.15) is 0 Å². The summed E-state index contributed by atoms with van der Waals surface area (Å²) in [7, 11) is 1.86. The van der Waals surface area contributed by atoms with Gasteiger partial charge in [0.2, 0.25) is 0 Å². The number of guanidine groups is 1. The molecule has 2 aliphatic heterocycles. The third kappa shape index (κ3) is 8.35. The van der Waals surface area contributed by atoms with E-state index < -0.39 is 0 Å². The van der Waals surface area contributed by atoms with Crippen molar-refractivity contribution in [3.8, 4) is 0 Å². The van der Waals surface area contributed by atoms with Crippen LogP contribution in [-0.4, -0.2) is 61.6 Å². The first-order valence-corrected chi connectivity index (χ1v) is 11.6.